The van der Waals surface area contributed by atoms with Crippen molar-refractivity contribution >= 4 is 34.3 Å². The molecule has 9 heteroatoms. The van der Waals surface area contributed by atoms with Crippen LogP contribution in [0, 0.1) is 5.92 Å². The molecule has 0 saturated carbocycles. The molecule has 4 aromatic rings. The van der Waals surface area contributed by atoms with Crippen molar-refractivity contribution in [1.29, 1.82) is 0 Å². The number of esters is 1. The first-order valence-corrected chi connectivity index (χ1v) is 14.4. The number of nitrogens with zero attached hydrogens (tertiary/aromatic N) is 2. The number of amides is 1. The van der Waals surface area contributed by atoms with Gasteiger partial charge in [0.05, 0.1) is 44.3 Å². The first kappa shape index (κ1) is 29.1. The van der Waals surface area contributed by atoms with E-state index in [0.717, 1.165) is 36.3 Å². The quantitative estimate of drug-likeness (QED) is 0.217. The lowest BCUT2D eigenvalue weighted by molar-refractivity contribution is -0.119. The summed E-state index contributed by atoms with van der Waals surface area (Å²) in [5.41, 5.74) is 4.48. The van der Waals surface area contributed by atoms with E-state index in [1.54, 1.807) is 13.3 Å². The largest absolute Gasteiger partial charge is 0.497 e. The monoisotopic (exact) mass is 570 g/mol. The Labute approximate surface area is 246 Å². The zero-order valence-corrected chi connectivity index (χ0v) is 24.4. The number of hydrogen-bond acceptors (Lipinski definition) is 7. The summed E-state index contributed by atoms with van der Waals surface area (Å²) in [6.07, 6.45) is 4.80. The summed E-state index contributed by atoms with van der Waals surface area (Å²) >= 11 is 0. The molecule has 1 fully saturated rings. The number of nitrogens with one attached hydrogen (secondary N) is 2. The minimum absolute atomic E-state index is 0.0815. The van der Waals surface area contributed by atoms with Crippen LogP contribution in [-0.2, 0) is 33.7 Å². The number of anilines is 2. The first-order valence-electron chi connectivity index (χ1n) is 14.4. The fourth-order valence-corrected chi connectivity index (χ4v) is 5.50. The van der Waals surface area contributed by atoms with Crippen LogP contribution >= 0.6 is 0 Å². The summed E-state index contributed by atoms with van der Waals surface area (Å²) in [5, 5.41) is 7.26. The molecule has 2 atom stereocenters. The standard InChI is InChI=1S/C33H38N4O5/c1-22(17-24-11-7-13-27(18-24)40-2)35-26-19-28-29(36-32(38)25-14-16-42-21-25)30(33(39)41-3)37(31(28)34-20-26)15-8-12-23-9-5-4-6-10-23/h4-7,9-11,13,18-20,22,25,35H,8,12,14-17,21H2,1-3H3,(H,36,38)/t22-,25+/m0/s1. The SMILES string of the molecule is COC(=O)c1c(NC(=O)[C@@H]2CCOC2)c2cc(N[C@@H](C)Cc3cccc(OC)c3)cnc2n1CCCc1ccccc1. The van der Waals surface area contributed by atoms with Gasteiger partial charge in [0.25, 0.3) is 0 Å². The van der Waals surface area contributed by atoms with Crippen LogP contribution in [0.15, 0.2) is 66.9 Å². The fraction of sp³-hybridized carbons (Fsp3) is 0.364. The maximum absolute atomic E-state index is 13.2. The van der Waals surface area contributed by atoms with Gasteiger partial charge in [-0.3, -0.25) is 4.79 Å². The van der Waals surface area contributed by atoms with Crippen LogP contribution in [0.1, 0.15) is 41.4 Å². The van der Waals surface area contributed by atoms with Gasteiger partial charge in [-0.2, -0.15) is 0 Å². The number of hydrogen-bond donors (Lipinski definition) is 2. The van der Waals surface area contributed by atoms with Crippen molar-refractivity contribution in [2.45, 2.75) is 45.2 Å². The highest BCUT2D eigenvalue weighted by molar-refractivity contribution is 6.11. The number of fused-ring (bicyclic) bond motifs is 1. The Bertz CT molecular complexity index is 1530. The van der Waals surface area contributed by atoms with Crippen LogP contribution in [0.3, 0.4) is 0 Å². The number of ether oxygens (including phenoxy) is 3. The average molecular weight is 571 g/mol. The Morgan fingerprint density at radius 2 is 1.90 bits per heavy atom. The summed E-state index contributed by atoms with van der Waals surface area (Å²) in [7, 11) is 3.01. The molecule has 220 valence electrons. The van der Waals surface area contributed by atoms with E-state index in [-0.39, 0.29) is 17.9 Å². The minimum atomic E-state index is -0.522. The van der Waals surface area contributed by atoms with Crippen molar-refractivity contribution in [2.24, 2.45) is 5.92 Å². The minimum Gasteiger partial charge on any atom is -0.497 e. The van der Waals surface area contributed by atoms with Crippen LogP contribution in [0.5, 0.6) is 5.75 Å². The highest BCUT2D eigenvalue weighted by Crippen LogP contribution is 2.34. The zero-order chi connectivity index (χ0) is 29.5. The van der Waals surface area contributed by atoms with Gasteiger partial charge in [-0.05, 0) is 61.9 Å². The number of methoxy groups -OCH3 is 2. The van der Waals surface area contributed by atoms with Gasteiger partial charge in [-0.15, -0.1) is 0 Å². The Kier molecular flexibility index (Phi) is 9.38. The van der Waals surface area contributed by atoms with E-state index in [1.807, 2.05) is 47.0 Å². The van der Waals surface area contributed by atoms with Crippen LogP contribution in [0.25, 0.3) is 11.0 Å². The van der Waals surface area contributed by atoms with Gasteiger partial charge in [0.1, 0.15) is 11.4 Å². The summed E-state index contributed by atoms with van der Waals surface area (Å²) in [6.45, 7) is 3.54. The second kappa shape index (κ2) is 13.5. The van der Waals surface area contributed by atoms with Gasteiger partial charge in [0, 0.05) is 24.6 Å². The number of aromatic nitrogens is 2. The van der Waals surface area contributed by atoms with Gasteiger partial charge in [-0.1, -0.05) is 42.5 Å². The van der Waals surface area contributed by atoms with E-state index in [0.29, 0.717) is 48.6 Å². The Hall–Kier alpha value is -4.37. The molecule has 3 heterocycles. The summed E-state index contributed by atoms with van der Waals surface area (Å²) in [6, 6.07) is 20.3. The van der Waals surface area contributed by atoms with Gasteiger partial charge in [-0.25, -0.2) is 9.78 Å². The van der Waals surface area contributed by atoms with Gasteiger partial charge >= 0.3 is 5.97 Å². The summed E-state index contributed by atoms with van der Waals surface area (Å²) in [4.78, 5) is 31.2. The predicted octanol–water partition coefficient (Wildman–Crippen LogP) is 5.48. The third kappa shape index (κ3) is 6.74. The number of carbonyl (C=O) groups excluding carboxylic acids is 2. The van der Waals surface area contributed by atoms with Crippen molar-refractivity contribution in [3.8, 4) is 5.75 Å². The van der Waals surface area contributed by atoms with E-state index >= 15 is 0 Å². The summed E-state index contributed by atoms with van der Waals surface area (Å²) in [5.74, 6) is -0.152. The molecule has 0 radical (unpaired) electrons. The van der Waals surface area contributed by atoms with Crippen molar-refractivity contribution in [1.82, 2.24) is 9.55 Å². The molecule has 2 aromatic heterocycles. The molecular weight excluding hydrogens is 532 g/mol. The number of pyridine rings is 1. The van der Waals surface area contributed by atoms with Gasteiger partial charge < -0.3 is 29.4 Å². The molecule has 1 aliphatic rings. The molecule has 0 unspecified atom stereocenters. The molecule has 0 bridgehead atoms. The summed E-state index contributed by atoms with van der Waals surface area (Å²) < 4.78 is 17.9. The van der Waals surface area contributed by atoms with Crippen LogP contribution in [0.4, 0.5) is 11.4 Å². The van der Waals surface area contributed by atoms with E-state index in [1.165, 1.54) is 12.7 Å². The molecule has 2 N–H and O–H groups in total. The molecule has 1 saturated heterocycles. The molecule has 0 spiro atoms. The molecule has 2 aromatic carbocycles. The maximum atomic E-state index is 13.2. The lowest BCUT2D eigenvalue weighted by Gasteiger charge is -2.16. The lowest BCUT2D eigenvalue weighted by Crippen LogP contribution is -2.24. The Balaban J connectivity index is 1.47. The van der Waals surface area contributed by atoms with E-state index in [9.17, 15) is 9.59 Å². The second-order valence-electron chi connectivity index (χ2n) is 10.7. The van der Waals surface area contributed by atoms with Crippen molar-refractivity contribution in [2.75, 3.05) is 38.1 Å². The number of benzene rings is 2. The van der Waals surface area contributed by atoms with E-state index in [2.05, 4.69) is 35.8 Å². The Morgan fingerprint density at radius 3 is 2.64 bits per heavy atom. The van der Waals surface area contributed by atoms with Crippen LogP contribution in [0.2, 0.25) is 0 Å². The predicted molar refractivity (Wildman–Crippen MR) is 163 cm³/mol. The smallest absolute Gasteiger partial charge is 0.356 e. The molecular formula is C33H38N4O5. The third-order valence-electron chi connectivity index (χ3n) is 7.60. The van der Waals surface area contributed by atoms with Crippen molar-refractivity contribution < 1.29 is 23.8 Å². The number of aryl methyl sites for hydroxylation is 2. The van der Waals surface area contributed by atoms with Crippen molar-refractivity contribution in [3.63, 3.8) is 0 Å². The van der Waals surface area contributed by atoms with E-state index in [4.69, 9.17) is 19.2 Å². The highest BCUT2D eigenvalue weighted by atomic mass is 16.5. The molecule has 9 nitrogen and oxygen atoms in total. The number of rotatable bonds is 12. The number of carbonyl (C=O) groups is 2. The molecule has 42 heavy (non-hydrogen) atoms. The van der Waals surface area contributed by atoms with Crippen molar-refractivity contribution in [3.05, 3.63) is 83.7 Å². The first-order chi connectivity index (χ1) is 20.5. The normalized spacial score (nSPS) is 15.4. The maximum Gasteiger partial charge on any atom is 0.356 e. The molecule has 5 rings (SSSR count). The highest BCUT2D eigenvalue weighted by Gasteiger charge is 2.30. The molecule has 0 aliphatic carbocycles. The van der Waals surface area contributed by atoms with Crippen LogP contribution in [-0.4, -0.2) is 54.9 Å². The lowest BCUT2D eigenvalue weighted by atomic mass is 10.1. The average Bonchev–Trinajstić information content (AvgIpc) is 3.65. The fourth-order valence-electron chi connectivity index (χ4n) is 5.50. The molecule has 1 aliphatic heterocycles. The van der Waals surface area contributed by atoms with Gasteiger partial charge in [0.2, 0.25) is 5.91 Å². The third-order valence-corrected chi connectivity index (χ3v) is 7.60. The second-order valence-corrected chi connectivity index (χ2v) is 10.7. The van der Waals surface area contributed by atoms with Crippen LogP contribution < -0.4 is 15.4 Å². The zero-order valence-electron chi connectivity index (χ0n) is 24.4. The van der Waals surface area contributed by atoms with E-state index < -0.39 is 5.97 Å². The molecule has 1 amide bonds. The topological polar surface area (TPSA) is 104 Å². The van der Waals surface area contributed by atoms with Gasteiger partial charge in [0.15, 0.2) is 5.69 Å². The Morgan fingerprint density at radius 1 is 1.10 bits per heavy atom.